The van der Waals surface area contributed by atoms with Gasteiger partial charge in [-0.05, 0) is 43.8 Å². The minimum Gasteiger partial charge on any atom is -0.371 e. The van der Waals surface area contributed by atoms with Crippen molar-refractivity contribution in [1.29, 1.82) is 0 Å². The second-order valence-electron chi connectivity index (χ2n) is 5.36. The molecule has 1 unspecified atom stereocenters. The van der Waals surface area contributed by atoms with E-state index < -0.39 is 0 Å². The van der Waals surface area contributed by atoms with Gasteiger partial charge in [0.1, 0.15) is 0 Å². The number of hydrogen-bond acceptors (Lipinski definition) is 3. The van der Waals surface area contributed by atoms with E-state index in [4.69, 9.17) is 0 Å². The molecule has 0 aliphatic carbocycles. The summed E-state index contributed by atoms with van der Waals surface area (Å²) in [6, 6.07) is 9.24. The maximum atomic E-state index is 4.29. The van der Waals surface area contributed by atoms with Crippen LogP contribution in [0.3, 0.4) is 0 Å². The number of hydrogen-bond donors (Lipinski definition) is 1. The van der Waals surface area contributed by atoms with E-state index >= 15 is 0 Å². The molecule has 2 aromatic rings. The molecule has 1 fully saturated rings. The lowest BCUT2D eigenvalue weighted by molar-refractivity contribution is 0.475. The second kappa shape index (κ2) is 5.57. The van der Waals surface area contributed by atoms with Crippen LogP contribution in [-0.2, 0) is 0 Å². The van der Waals surface area contributed by atoms with Crippen molar-refractivity contribution in [1.82, 2.24) is 10.3 Å². The molecule has 1 aliphatic heterocycles. The Morgan fingerprint density at radius 2 is 2.21 bits per heavy atom. The van der Waals surface area contributed by atoms with E-state index in [0.717, 1.165) is 19.6 Å². The van der Waals surface area contributed by atoms with Crippen LogP contribution in [0.2, 0.25) is 0 Å². The Bertz CT molecular complexity index is 547. The predicted octanol–water partition coefficient (Wildman–Crippen LogP) is 2.81. The first-order valence-corrected chi connectivity index (χ1v) is 7.15. The smallest absolute Gasteiger partial charge is 0.0461 e. The molecule has 1 aromatic heterocycles. The van der Waals surface area contributed by atoms with E-state index in [9.17, 15) is 0 Å². The third kappa shape index (κ3) is 2.71. The van der Waals surface area contributed by atoms with Crippen LogP contribution in [0.5, 0.6) is 0 Å². The number of pyridine rings is 1. The molecule has 3 rings (SSSR count). The van der Waals surface area contributed by atoms with Crippen molar-refractivity contribution in [3.63, 3.8) is 0 Å². The molecule has 1 aromatic carbocycles. The standard InChI is InChI=1S/C16H21N3/c1-13-7-11-19(10-3-8-18-13)16-5-2-4-14-6-9-17-12-15(14)16/h2,4-6,9,12-13,18H,3,7-8,10-11H2,1H3. The average Bonchev–Trinajstić information content (AvgIpc) is 2.43. The summed E-state index contributed by atoms with van der Waals surface area (Å²) >= 11 is 0. The van der Waals surface area contributed by atoms with E-state index in [2.05, 4.69) is 46.4 Å². The van der Waals surface area contributed by atoms with Crippen LogP contribution in [0.25, 0.3) is 10.8 Å². The lowest BCUT2D eigenvalue weighted by Crippen LogP contribution is -2.38. The largest absolute Gasteiger partial charge is 0.371 e. The van der Waals surface area contributed by atoms with Gasteiger partial charge in [0.15, 0.2) is 0 Å². The van der Waals surface area contributed by atoms with Gasteiger partial charge in [-0.15, -0.1) is 0 Å². The molecule has 1 atom stereocenters. The Morgan fingerprint density at radius 3 is 3.16 bits per heavy atom. The zero-order valence-corrected chi connectivity index (χ0v) is 11.5. The third-order valence-corrected chi connectivity index (χ3v) is 3.93. The maximum absolute atomic E-state index is 4.29. The highest BCUT2D eigenvalue weighted by Crippen LogP contribution is 2.26. The summed E-state index contributed by atoms with van der Waals surface area (Å²) in [5.41, 5.74) is 1.33. The lowest BCUT2D eigenvalue weighted by atomic mass is 10.1. The molecule has 0 saturated carbocycles. The highest BCUT2D eigenvalue weighted by molar-refractivity contribution is 5.93. The number of nitrogens with zero attached hydrogens (tertiary/aromatic N) is 2. The Hall–Kier alpha value is -1.61. The first-order chi connectivity index (χ1) is 9.34. The molecule has 3 nitrogen and oxygen atoms in total. The van der Waals surface area contributed by atoms with Crippen molar-refractivity contribution in [2.24, 2.45) is 0 Å². The maximum Gasteiger partial charge on any atom is 0.0461 e. The van der Waals surface area contributed by atoms with Crippen molar-refractivity contribution in [3.05, 3.63) is 36.7 Å². The van der Waals surface area contributed by atoms with Crippen LogP contribution in [0, 0.1) is 0 Å². The number of nitrogens with one attached hydrogen (secondary N) is 1. The van der Waals surface area contributed by atoms with Crippen LogP contribution in [-0.4, -0.2) is 30.7 Å². The molecule has 0 bridgehead atoms. The highest BCUT2D eigenvalue weighted by atomic mass is 15.1. The molecule has 19 heavy (non-hydrogen) atoms. The van der Waals surface area contributed by atoms with Crippen molar-refractivity contribution in [2.45, 2.75) is 25.8 Å². The molecule has 3 heteroatoms. The van der Waals surface area contributed by atoms with Gasteiger partial charge in [0.2, 0.25) is 0 Å². The SMILES string of the molecule is CC1CCN(c2cccc3ccncc23)CCCN1. The summed E-state index contributed by atoms with van der Waals surface area (Å²) in [5, 5.41) is 6.10. The topological polar surface area (TPSA) is 28.2 Å². The Labute approximate surface area is 114 Å². The van der Waals surface area contributed by atoms with Gasteiger partial charge in [0.05, 0.1) is 0 Å². The quantitative estimate of drug-likeness (QED) is 0.849. The van der Waals surface area contributed by atoms with E-state index in [1.54, 1.807) is 0 Å². The van der Waals surface area contributed by atoms with Crippen LogP contribution < -0.4 is 10.2 Å². The second-order valence-corrected chi connectivity index (χ2v) is 5.36. The Balaban J connectivity index is 1.93. The van der Waals surface area contributed by atoms with Gasteiger partial charge < -0.3 is 10.2 Å². The van der Waals surface area contributed by atoms with Crippen LogP contribution in [0.4, 0.5) is 5.69 Å². The zero-order chi connectivity index (χ0) is 13.1. The van der Waals surface area contributed by atoms with Crippen molar-refractivity contribution >= 4 is 16.5 Å². The molecular formula is C16H21N3. The molecule has 0 radical (unpaired) electrons. The molecule has 1 aliphatic rings. The summed E-state index contributed by atoms with van der Waals surface area (Å²) in [6.07, 6.45) is 6.24. The van der Waals surface area contributed by atoms with Crippen molar-refractivity contribution in [2.75, 3.05) is 24.5 Å². The van der Waals surface area contributed by atoms with Gasteiger partial charge in [0, 0.05) is 42.6 Å². The molecule has 0 amide bonds. The predicted molar refractivity (Wildman–Crippen MR) is 80.7 cm³/mol. The summed E-state index contributed by atoms with van der Waals surface area (Å²) in [7, 11) is 0. The molecule has 100 valence electrons. The number of fused-ring (bicyclic) bond motifs is 1. The van der Waals surface area contributed by atoms with Crippen LogP contribution in [0.1, 0.15) is 19.8 Å². The number of rotatable bonds is 1. The number of aromatic nitrogens is 1. The number of benzene rings is 1. The van der Waals surface area contributed by atoms with E-state index in [0.29, 0.717) is 6.04 Å². The lowest BCUT2D eigenvalue weighted by Gasteiger charge is -2.30. The first-order valence-electron chi connectivity index (χ1n) is 7.15. The molecule has 0 spiro atoms. The fourth-order valence-electron chi connectivity index (χ4n) is 2.80. The van der Waals surface area contributed by atoms with Crippen molar-refractivity contribution < 1.29 is 0 Å². The van der Waals surface area contributed by atoms with Crippen molar-refractivity contribution in [3.8, 4) is 0 Å². The van der Waals surface area contributed by atoms with Gasteiger partial charge in [-0.3, -0.25) is 4.98 Å². The molecule has 1 N–H and O–H groups in total. The van der Waals surface area contributed by atoms with E-state index in [-0.39, 0.29) is 0 Å². The number of anilines is 1. The summed E-state index contributed by atoms with van der Waals surface area (Å²) in [5.74, 6) is 0. The van der Waals surface area contributed by atoms with Gasteiger partial charge in [-0.25, -0.2) is 0 Å². The Morgan fingerprint density at radius 1 is 1.26 bits per heavy atom. The van der Waals surface area contributed by atoms with E-state index in [1.807, 2.05) is 12.4 Å². The summed E-state index contributed by atoms with van der Waals surface area (Å²) in [6.45, 7) is 5.62. The van der Waals surface area contributed by atoms with Crippen LogP contribution in [0.15, 0.2) is 36.7 Å². The molecular weight excluding hydrogens is 234 g/mol. The van der Waals surface area contributed by atoms with Gasteiger partial charge in [-0.1, -0.05) is 12.1 Å². The van der Waals surface area contributed by atoms with Crippen LogP contribution >= 0.6 is 0 Å². The Kier molecular flexibility index (Phi) is 3.65. The fourth-order valence-corrected chi connectivity index (χ4v) is 2.80. The molecule has 2 heterocycles. The van der Waals surface area contributed by atoms with Gasteiger partial charge in [0.25, 0.3) is 0 Å². The summed E-state index contributed by atoms with van der Waals surface area (Å²) in [4.78, 5) is 6.80. The third-order valence-electron chi connectivity index (χ3n) is 3.93. The van der Waals surface area contributed by atoms with Gasteiger partial charge >= 0.3 is 0 Å². The van der Waals surface area contributed by atoms with E-state index in [1.165, 1.54) is 29.3 Å². The monoisotopic (exact) mass is 255 g/mol. The zero-order valence-electron chi connectivity index (χ0n) is 11.5. The minimum absolute atomic E-state index is 0.607. The average molecular weight is 255 g/mol. The highest BCUT2D eigenvalue weighted by Gasteiger charge is 2.14. The first kappa shape index (κ1) is 12.4. The fraction of sp³-hybridized carbons (Fsp3) is 0.438. The summed E-state index contributed by atoms with van der Waals surface area (Å²) < 4.78 is 0. The minimum atomic E-state index is 0.607. The van der Waals surface area contributed by atoms with Gasteiger partial charge in [-0.2, -0.15) is 0 Å². The molecule has 1 saturated heterocycles. The normalized spacial score (nSPS) is 21.1.